The molecule has 10 heteroatoms. The van der Waals surface area contributed by atoms with E-state index in [0.29, 0.717) is 24.6 Å². The van der Waals surface area contributed by atoms with Crippen molar-refractivity contribution in [1.29, 1.82) is 0 Å². The lowest BCUT2D eigenvalue weighted by Gasteiger charge is -2.33. The Bertz CT molecular complexity index is 1580. The first-order chi connectivity index (χ1) is 17.2. The molecule has 0 bridgehead atoms. The van der Waals surface area contributed by atoms with E-state index in [1.54, 1.807) is 11.2 Å². The van der Waals surface area contributed by atoms with Crippen molar-refractivity contribution in [2.45, 2.75) is 31.2 Å². The van der Waals surface area contributed by atoms with Crippen LogP contribution in [0.15, 0.2) is 57.8 Å². The van der Waals surface area contributed by atoms with Crippen LogP contribution in [0.3, 0.4) is 0 Å². The summed E-state index contributed by atoms with van der Waals surface area (Å²) in [4.78, 5) is 27.1. The van der Waals surface area contributed by atoms with Crippen molar-refractivity contribution in [2.24, 2.45) is 0 Å². The standard InChI is InChI=1S/C25H19FN6O3/c26-15-5-3-10-27-19(15)23-30-31-24(35-23)25(33)32-11-9-16-20(29-12-28-16)21(32)22-18(13-7-8-13)14-4-1-2-6-17(14)34-22/h1-6,10,12-13,21H,7-9,11H2,(H,28,29)/t21-/m1/s1. The van der Waals surface area contributed by atoms with Crippen molar-refractivity contribution in [3.8, 4) is 11.6 Å². The lowest BCUT2D eigenvalue weighted by atomic mass is 9.95. The number of para-hydroxylation sites is 1. The molecule has 0 saturated heterocycles. The van der Waals surface area contributed by atoms with Gasteiger partial charge in [0, 0.05) is 35.8 Å². The minimum Gasteiger partial charge on any atom is -0.458 e. The van der Waals surface area contributed by atoms with Gasteiger partial charge in [-0.05, 0) is 37.0 Å². The van der Waals surface area contributed by atoms with Crippen LogP contribution < -0.4 is 0 Å². The van der Waals surface area contributed by atoms with E-state index in [9.17, 15) is 9.18 Å². The number of nitrogens with zero attached hydrogens (tertiary/aromatic N) is 5. The Morgan fingerprint density at radius 1 is 1.09 bits per heavy atom. The maximum atomic E-state index is 14.2. The lowest BCUT2D eigenvalue weighted by molar-refractivity contribution is 0.0631. The third-order valence-corrected chi connectivity index (χ3v) is 6.65. The Morgan fingerprint density at radius 2 is 1.97 bits per heavy atom. The van der Waals surface area contributed by atoms with E-state index in [1.807, 2.05) is 18.2 Å². The third kappa shape index (κ3) is 3.17. The Morgan fingerprint density at radius 3 is 2.83 bits per heavy atom. The summed E-state index contributed by atoms with van der Waals surface area (Å²) in [5, 5.41) is 8.85. The maximum Gasteiger partial charge on any atom is 0.312 e. The van der Waals surface area contributed by atoms with Gasteiger partial charge in [0.2, 0.25) is 0 Å². The topological polar surface area (TPSA) is 114 Å². The van der Waals surface area contributed by atoms with Gasteiger partial charge in [-0.3, -0.25) is 4.79 Å². The predicted molar refractivity (Wildman–Crippen MR) is 121 cm³/mol. The molecule has 1 aromatic carbocycles. The van der Waals surface area contributed by atoms with Crippen molar-refractivity contribution < 1.29 is 18.0 Å². The number of aromatic nitrogens is 5. The molecule has 5 aromatic rings. The summed E-state index contributed by atoms with van der Waals surface area (Å²) in [5.74, 6) is -0.367. The quantitative estimate of drug-likeness (QED) is 0.414. The molecule has 1 atom stereocenters. The molecule has 1 saturated carbocycles. The number of H-pyrrole nitrogens is 1. The maximum absolute atomic E-state index is 14.2. The highest BCUT2D eigenvalue weighted by atomic mass is 19.1. The number of nitrogens with one attached hydrogen (secondary N) is 1. The van der Waals surface area contributed by atoms with Gasteiger partial charge >= 0.3 is 11.8 Å². The molecule has 0 spiro atoms. The second kappa shape index (κ2) is 7.59. The number of amides is 1. The van der Waals surface area contributed by atoms with Gasteiger partial charge < -0.3 is 18.7 Å². The Kier molecular flexibility index (Phi) is 4.35. The van der Waals surface area contributed by atoms with Crippen molar-refractivity contribution >= 4 is 16.9 Å². The molecule has 1 aliphatic carbocycles. The SMILES string of the molecule is O=C(c1nnc(-c2ncccc2F)o1)N1CCc2[nH]cnc2[C@@H]1c1oc2ccccc2c1C1CC1. The van der Waals surface area contributed by atoms with E-state index >= 15 is 0 Å². The molecule has 1 amide bonds. The minimum absolute atomic E-state index is 0.0999. The number of pyridine rings is 1. The number of hydrogen-bond donors (Lipinski definition) is 1. The Labute approximate surface area is 198 Å². The summed E-state index contributed by atoms with van der Waals surface area (Å²) in [6.07, 6.45) is 5.80. The molecule has 4 aromatic heterocycles. The fraction of sp³-hybridized carbons (Fsp3) is 0.240. The first-order valence-corrected chi connectivity index (χ1v) is 11.5. The zero-order chi connectivity index (χ0) is 23.5. The molecule has 1 N–H and O–H groups in total. The van der Waals surface area contributed by atoms with Crippen LogP contribution >= 0.6 is 0 Å². The molecule has 1 aliphatic heterocycles. The van der Waals surface area contributed by atoms with E-state index in [0.717, 1.165) is 40.8 Å². The van der Waals surface area contributed by atoms with Crippen LogP contribution in [-0.4, -0.2) is 42.5 Å². The van der Waals surface area contributed by atoms with Crippen molar-refractivity contribution in [1.82, 2.24) is 30.0 Å². The lowest BCUT2D eigenvalue weighted by Crippen LogP contribution is -2.41. The van der Waals surface area contributed by atoms with Crippen molar-refractivity contribution in [3.05, 3.63) is 83.3 Å². The van der Waals surface area contributed by atoms with E-state index < -0.39 is 17.8 Å². The number of furan rings is 1. The number of fused-ring (bicyclic) bond motifs is 2. The second-order valence-corrected chi connectivity index (χ2v) is 8.81. The Balaban J connectivity index is 1.33. The number of carbonyl (C=O) groups excluding carboxylic acids is 1. The molecule has 0 unspecified atom stereocenters. The summed E-state index contributed by atoms with van der Waals surface area (Å²) in [6, 6.07) is 10.1. The normalized spacial score (nSPS) is 17.6. The Hall–Kier alpha value is -4.34. The second-order valence-electron chi connectivity index (χ2n) is 8.81. The van der Waals surface area contributed by atoms with Gasteiger partial charge in [-0.25, -0.2) is 14.4 Å². The smallest absolute Gasteiger partial charge is 0.312 e. The average molecular weight is 470 g/mol. The third-order valence-electron chi connectivity index (χ3n) is 6.65. The van der Waals surface area contributed by atoms with E-state index in [1.165, 1.54) is 18.3 Å². The van der Waals surface area contributed by atoms with Crippen LogP contribution in [0, 0.1) is 5.82 Å². The van der Waals surface area contributed by atoms with Gasteiger partial charge in [-0.15, -0.1) is 10.2 Å². The van der Waals surface area contributed by atoms with Crippen LogP contribution in [0.1, 0.15) is 58.2 Å². The summed E-state index contributed by atoms with van der Waals surface area (Å²) >= 11 is 0. The number of imidazole rings is 1. The van der Waals surface area contributed by atoms with Crippen LogP contribution in [0.4, 0.5) is 4.39 Å². The van der Waals surface area contributed by atoms with Crippen molar-refractivity contribution in [3.63, 3.8) is 0 Å². The highest BCUT2D eigenvalue weighted by Crippen LogP contribution is 2.50. The summed E-state index contributed by atoms with van der Waals surface area (Å²) in [7, 11) is 0. The first kappa shape index (κ1) is 20.1. The summed E-state index contributed by atoms with van der Waals surface area (Å²) < 4.78 is 26.2. The molecule has 5 heterocycles. The number of benzene rings is 1. The van der Waals surface area contributed by atoms with Gasteiger partial charge in [0.25, 0.3) is 5.89 Å². The van der Waals surface area contributed by atoms with E-state index in [4.69, 9.17) is 8.83 Å². The van der Waals surface area contributed by atoms with E-state index in [2.05, 4.69) is 31.2 Å². The monoisotopic (exact) mass is 470 g/mol. The molecule has 35 heavy (non-hydrogen) atoms. The molecular weight excluding hydrogens is 451 g/mol. The number of halogens is 1. The summed E-state index contributed by atoms with van der Waals surface area (Å²) in [5.41, 5.74) is 3.51. The number of aromatic amines is 1. The molecule has 0 radical (unpaired) electrons. The molecular formula is C25H19FN6O3. The fourth-order valence-corrected chi connectivity index (χ4v) is 4.91. The molecule has 9 nitrogen and oxygen atoms in total. The van der Waals surface area contributed by atoms with Gasteiger partial charge in [0.05, 0.1) is 12.0 Å². The summed E-state index contributed by atoms with van der Waals surface area (Å²) in [6.45, 7) is 0.398. The zero-order valence-electron chi connectivity index (χ0n) is 18.4. The van der Waals surface area contributed by atoms with Gasteiger partial charge in [0.1, 0.15) is 17.4 Å². The number of rotatable bonds is 4. The predicted octanol–water partition coefficient (Wildman–Crippen LogP) is 4.41. The van der Waals surface area contributed by atoms with Crippen LogP contribution in [0.2, 0.25) is 0 Å². The largest absolute Gasteiger partial charge is 0.458 e. The van der Waals surface area contributed by atoms with Crippen molar-refractivity contribution in [2.75, 3.05) is 6.54 Å². The van der Waals surface area contributed by atoms with Crippen LogP contribution in [0.25, 0.3) is 22.6 Å². The van der Waals surface area contributed by atoms with Gasteiger partial charge in [-0.1, -0.05) is 18.2 Å². The number of hydrogen-bond acceptors (Lipinski definition) is 7. The van der Waals surface area contributed by atoms with E-state index in [-0.39, 0.29) is 17.5 Å². The molecule has 7 rings (SSSR count). The zero-order valence-corrected chi connectivity index (χ0v) is 18.4. The highest BCUT2D eigenvalue weighted by molar-refractivity contribution is 5.91. The minimum atomic E-state index is -0.608. The molecule has 1 fully saturated rings. The van der Waals surface area contributed by atoms with Crippen LogP contribution in [-0.2, 0) is 6.42 Å². The van der Waals surface area contributed by atoms with Gasteiger partial charge in [-0.2, -0.15) is 0 Å². The first-order valence-electron chi connectivity index (χ1n) is 11.5. The highest BCUT2D eigenvalue weighted by Gasteiger charge is 2.42. The average Bonchev–Trinajstić information content (AvgIpc) is 3.28. The molecule has 174 valence electrons. The molecule has 2 aliphatic rings. The fourth-order valence-electron chi connectivity index (χ4n) is 4.91. The van der Waals surface area contributed by atoms with Gasteiger partial charge in [0.15, 0.2) is 11.5 Å². The van der Waals surface area contributed by atoms with Crippen LogP contribution in [0.5, 0.6) is 0 Å². The number of carbonyl (C=O) groups is 1.